The third-order valence-electron chi connectivity index (χ3n) is 5.17. The van der Waals surface area contributed by atoms with Gasteiger partial charge in [0.2, 0.25) is 0 Å². The average molecular weight is 456 g/mol. The molecule has 162 valence electrons. The maximum Gasteiger partial charge on any atom is 0.297 e. The van der Waals surface area contributed by atoms with E-state index in [0.717, 1.165) is 16.8 Å². The quantitative estimate of drug-likeness (QED) is 0.381. The van der Waals surface area contributed by atoms with Crippen molar-refractivity contribution in [2.75, 3.05) is 5.32 Å². The van der Waals surface area contributed by atoms with E-state index in [1.165, 1.54) is 4.68 Å². The Bertz CT molecular complexity index is 1440. The zero-order valence-corrected chi connectivity index (χ0v) is 18.0. The summed E-state index contributed by atoms with van der Waals surface area (Å²) in [5.74, 6) is 0.221. The molecule has 5 aromatic rings. The van der Waals surface area contributed by atoms with Gasteiger partial charge in [0.15, 0.2) is 0 Å². The minimum atomic E-state index is -0.314. The summed E-state index contributed by atoms with van der Waals surface area (Å²) >= 11 is 5.99. The van der Waals surface area contributed by atoms with E-state index in [0.29, 0.717) is 22.1 Å². The Morgan fingerprint density at radius 1 is 0.879 bits per heavy atom. The first-order valence-electron chi connectivity index (χ1n) is 10.1. The van der Waals surface area contributed by atoms with E-state index in [1.807, 2.05) is 36.4 Å². The molecule has 0 aliphatic carbocycles. The van der Waals surface area contributed by atoms with Gasteiger partial charge >= 0.3 is 0 Å². The number of aromatic hydroxyl groups is 1. The van der Waals surface area contributed by atoms with E-state index in [-0.39, 0.29) is 11.3 Å². The Balaban J connectivity index is 1.54. The van der Waals surface area contributed by atoms with Gasteiger partial charge in [-0.3, -0.25) is 4.79 Å². The molecule has 2 aromatic heterocycles. The number of hydrogen-bond donors (Lipinski definition) is 2. The lowest BCUT2D eigenvalue weighted by atomic mass is 10.1. The van der Waals surface area contributed by atoms with Gasteiger partial charge in [0.25, 0.3) is 5.56 Å². The third-order valence-corrected chi connectivity index (χ3v) is 5.42. The Morgan fingerprint density at radius 3 is 2.18 bits per heavy atom. The number of rotatable bonds is 5. The van der Waals surface area contributed by atoms with Crippen LogP contribution in [0.2, 0.25) is 5.02 Å². The third kappa shape index (κ3) is 4.22. The van der Waals surface area contributed by atoms with E-state index >= 15 is 0 Å². The van der Waals surface area contributed by atoms with Gasteiger partial charge in [-0.2, -0.15) is 9.78 Å². The van der Waals surface area contributed by atoms with Gasteiger partial charge < -0.3 is 15.0 Å². The van der Waals surface area contributed by atoms with Crippen molar-refractivity contribution in [1.82, 2.24) is 19.3 Å². The molecule has 0 spiro atoms. The summed E-state index contributed by atoms with van der Waals surface area (Å²) in [4.78, 5) is 17.5. The minimum absolute atomic E-state index is 0.221. The van der Waals surface area contributed by atoms with Crippen LogP contribution in [0.4, 0.5) is 11.4 Å². The van der Waals surface area contributed by atoms with Gasteiger partial charge in [-0.25, -0.2) is 4.98 Å². The molecule has 3 aromatic carbocycles. The van der Waals surface area contributed by atoms with Gasteiger partial charge in [0, 0.05) is 23.1 Å². The number of aromatic nitrogens is 4. The highest BCUT2D eigenvalue weighted by molar-refractivity contribution is 6.30. The lowest BCUT2D eigenvalue weighted by Gasteiger charge is -2.14. The molecule has 8 heteroatoms. The van der Waals surface area contributed by atoms with Crippen LogP contribution in [0.1, 0.15) is 0 Å². The number of phenolic OH excluding ortho intramolecular Hbond substituents is 1. The van der Waals surface area contributed by atoms with E-state index in [1.54, 1.807) is 65.9 Å². The highest BCUT2D eigenvalue weighted by Crippen LogP contribution is 2.26. The second-order valence-electron chi connectivity index (χ2n) is 7.32. The molecule has 0 saturated carbocycles. The molecule has 33 heavy (non-hydrogen) atoms. The first-order valence-corrected chi connectivity index (χ1v) is 10.5. The fourth-order valence-electron chi connectivity index (χ4n) is 3.47. The first kappa shape index (κ1) is 20.5. The van der Waals surface area contributed by atoms with Crippen LogP contribution in [0, 0.1) is 0 Å². The lowest BCUT2D eigenvalue weighted by Crippen LogP contribution is -2.25. The molecule has 2 heterocycles. The van der Waals surface area contributed by atoms with Crippen LogP contribution < -0.4 is 10.9 Å². The van der Waals surface area contributed by atoms with E-state index in [4.69, 9.17) is 11.6 Å². The van der Waals surface area contributed by atoms with Crippen molar-refractivity contribution in [2.24, 2.45) is 0 Å². The zero-order valence-electron chi connectivity index (χ0n) is 17.3. The van der Waals surface area contributed by atoms with Crippen molar-refractivity contribution in [3.63, 3.8) is 0 Å². The Kier molecular flexibility index (Phi) is 5.38. The topological polar surface area (TPSA) is 85.0 Å². The van der Waals surface area contributed by atoms with Crippen LogP contribution in [0.25, 0.3) is 22.5 Å². The molecule has 2 N–H and O–H groups in total. The standard InChI is InChI=1S/C25H18ClN5O2/c26-19-5-9-21(10-6-19)31-25(33)24(23(15-28-31)30-14-13-27-16-30)29-20-7-1-17(2-8-20)18-3-11-22(32)12-4-18/h1-16,29,32H. The Morgan fingerprint density at radius 2 is 1.55 bits per heavy atom. The van der Waals surface area contributed by atoms with Crippen molar-refractivity contribution in [3.8, 4) is 28.3 Å². The number of hydrogen-bond acceptors (Lipinski definition) is 5. The van der Waals surface area contributed by atoms with Crippen molar-refractivity contribution in [3.05, 3.63) is 113 Å². The summed E-state index contributed by atoms with van der Waals surface area (Å²) in [6, 6.07) is 21.6. The summed E-state index contributed by atoms with van der Waals surface area (Å²) in [5.41, 5.74) is 3.93. The molecule has 0 aliphatic heterocycles. The van der Waals surface area contributed by atoms with E-state index in [9.17, 15) is 9.90 Å². The lowest BCUT2D eigenvalue weighted by molar-refractivity contribution is 0.475. The predicted octanol–water partition coefficient (Wildman–Crippen LogP) is 5.19. The van der Waals surface area contributed by atoms with Crippen molar-refractivity contribution in [1.29, 1.82) is 0 Å². The van der Waals surface area contributed by atoms with Crippen LogP contribution in [0.15, 0.2) is 103 Å². The molecule has 0 unspecified atom stereocenters. The molecular formula is C25H18ClN5O2. The monoisotopic (exact) mass is 455 g/mol. The summed E-state index contributed by atoms with van der Waals surface area (Å²) in [6.45, 7) is 0. The number of halogens is 1. The molecule has 0 bridgehead atoms. The minimum Gasteiger partial charge on any atom is -0.508 e. The molecule has 0 atom stereocenters. The second kappa shape index (κ2) is 8.64. The number of benzene rings is 3. The van der Waals surface area contributed by atoms with Gasteiger partial charge in [-0.15, -0.1) is 0 Å². The van der Waals surface area contributed by atoms with Crippen LogP contribution in [-0.2, 0) is 0 Å². The van der Waals surface area contributed by atoms with Gasteiger partial charge in [-0.05, 0) is 59.7 Å². The molecule has 0 aliphatic rings. The van der Waals surface area contributed by atoms with Crippen LogP contribution in [-0.4, -0.2) is 24.4 Å². The second-order valence-corrected chi connectivity index (χ2v) is 7.75. The summed E-state index contributed by atoms with van der Waals surface area (Å²) in [7, 11) is 0. The Labute approximate surface area is 194 Å². The number of nitrogens with zero attached hydrogens (tertiary/aromatic N) is 4. The summed E-state index contributed by atoms with van der Waals surface area (Å²) in [5, 5.41) is 17.7. The molecular weight excluding hydrogens is 438 g/mol. The first-order chi connectivity index (χ1) is 16.1. The fraction of sp³-hybridized carbons (Fsp3) is 0. The van der Waals surface area contributed by atoms with Crippen LogP contribution in [0.3, 0.4) is 0 Å². The van der Waals surface area contributed by atoms with Crippen molar-refractivity contribution >= 4 is 23.0 Å². The SMILES string of the molecule is O=c1c(Nc2ccc(-c3ccc(O)cc3)cc2)c(-n2ccnc2)cnn1-c1ccc(Cl)cc1. The maximum atomic E-state index is 13.4. The van der Waals surface area contributed by atoms with E-state index < -0.39 is 0 Å². The number of phenols is 1. The zero-order chi connectivity index (χ0) is 22.8. The molecule has 0 amide bonds. The van der Waals surface area contributed by atoms with Crippen molar-refractivity contribution < 1.29 is 5.11 Å². The molecule has 0 saturated heterocycles. The molecule has 5 rings (SSSR count). The molecule has 0 radical (unpaired) electrons. The van der Waals surface area contributed by atoms with E-state index in [2.05, 4.69) is 15.4 Å². The number of nitrogens with one attached hydrogen (secondary N) is 1. The maximum absolute atomic E-state index is 13.4. The highest BCUT2D eigenvalue weighted by atomic mass is 35.5. The molecule has 7 nitrogen and oxygen atoms in total. The fourth-order valence-corrected chi connectivity index (χ4v) is 3.60. The van der Waals surface area contributed by atoms with Gasteiger partial charge in [0.05, 0.1) is 23.9 Å². The Hall–Kier alpha value is -4.36. The number of imidazole rings is 1. The highest BCUT2D eigenvalue weighted by Gasteiger charge is 2.15. The summed E-state index contributed by atoms with van der Waals surface area (Å²) < 4.78 is 3.05. The largest absolute Gasteiger partial charge is 0.508 e. The smallest absolute Gasteiger partial charge is 0.297 e. The number of anilines is 2. The average Bonchev–Trinajstić information content (AvgIpc) is 3.37. The normalized spacial score (nSPS) is 10.8. The summed E-state index contributed by atoms with van der Waals surface area (Å²) in [6.07, 6.45) is 6.62. The van der Waals surface area contributed by atoms with Crippen molar-refractivity contribution in [2.45, 2.75) is 0 Å². The van der Waals surface area contributed by atoms with Crippen LogP contribution in [0.5, 0.6) is 5.75 Å². The van der Waals surface area contributed by atoms with Gasteiger partial charge in [-0.1, -0.05) is 35.9 Å². The predicted molar refractivity (Wildman–Crippen MR) is 129 cm³/mol. The van der Waals surface area contributed by atoms with Crippen LogP contribution >= 0.6 is 11.6 Å². The van der Waals surface area contributed by atoms with Gasteiger partial charge in [0.1, 0.15) is 11.4 Å². The molecule has 0 fully saturated rings.